The van der Waals surface area contributed by atoms with Gasteiger partial charge in [0.1, 0.15) is 22.5 Å². The molecule has 0 amide bonds. The molecule has 0 aliphatic heterocycles. The van der Waals surface area contributed by atoms with Crippen LogP contribution in [-0.4, -0.2) is 23.2 Å². The topological polar surface area (TPSA) is 44.2 Å². The highest BCUT2D eigenvalue weighted by Gasteiger charge is 2.19. The molecule has 2 unspecified atom stereocenters. The molecule has 2 atom stereocenters. The van der Waals surface area contributed by atoms with Gasteiger partial charge in [-0.1, -0.05) is 66.2 Å². The molecular weight excluding hydrogens is 660 g/mol. The molecule has 0 N–H and O–H groups in total. The molecule has 4 rings (SSSR count). The molecule has 0 fully saturated rings. The molecule has 4 aromatic rings. The largest absolute Gasteiger partial charge is 0.493 e. The van der Waals surface area contributed by atoms with E-state index in [-0.39, 0.29) is 0 Å². The summed E-state index contributed by atoms with van der Waals surface area (Å²) in [6, 6.07) is 16.6. The van der Waals surface area contributed by atoms with Gasteiger partial charge in [-0.05, 0) is 105 Å². The van der Waals surface area contributed by atoms with Crippen molar-refractivity contribution in [3.8, 4) is 34.0 Å². The Morgan fingerprint density at radius 3 is 1.37 bits per heavy atom. The summed E-state index contributed by atoms with van der Waals surface area (Å²) >= 11 is 8.97. The maximum absolute atomic E-state index is 6.18. The normalized spacial score (nSPS) is 12.9. The molecular formula is C34H42Br2N2O2S. The minimum atomic E-state index is 0.597. The molecule has 7 heteroatoms. The predicted molar refractivity (Wildman–Crippen MR) is 181 cm³/mol. The summed E-state index contributed by atoms with van der Waals surface area (Å²) in [7, 11) is 0. The second-order valence-electron chi connectivity index (χ2n) is 10.8. The Hall–Kier alpha value is -1.96. The zero-order chi connectivity index (χ0) is 29.2. The zero-order valence-electron chi connectivity index (χ0n) is 24.7. The zero-order valence-corrected chi connectivity index (χ0v) is 28.7. The molecule has 220 valence electrons. The lowest BCUT2D eigenvalue weighted by Gasteiger charge is -2.16. The standard InChI is InChI=1S/C34H42Br2N2O2S/c1-5-9-11-23(7-3)21-39-27-17-13-25(14-18-27)29-30(38-32-31(37-29)33(35)41-34(32)36)26-15-19-28(20-16-26)40-22-24(8-4)12-10-6-2/h13-20,23-24H,5-12,21-22H2,1-4H3. The summed E-state index contributed by atoms with van der Waals surface area (Å²) in [5.74, 6) is 2.98. The monoisotopic (exact) mass is 700 g/mol. The minimum absolute atomic E-state index is 0.597. The number of thiophene rings is 1. The van der Waals surface area contributed by atoms with Crippen molar-refractivity contribution < 1.29 is 9.47 Å². The third kappa shape index (κ3) is 8.55. The third-order valence-electron chi connectivity index (χ3n) is 7.76. The van der Waals surface area contributed by atoms with Gasteiger partial charge in [-0.15, -0.1) is 11.3 Å². The number of rotatable bonds is 16. The lowest BCUT2D eigenvalue weighted by atomic mass is 10.0. The van der Waals surface area contributed by atoms with Crippen LogP contribution in [0.4, 0.5) is 0 Å². The second-order valence-corrected chi connectivity index (χ2v) is 14.4. The Kier molecular flexibility index (Phi) is 12.5. The quantitative estimate of drug-likeness (QED) is 0.117. The molecule has 2 heterocycles. The lowest BCUT2D eigenvalue weighted by Crippen LogP contribution is -2.11. The molecule has 2 aromatic heterocycles. The van der Waals surface area contributed by atoms with Gasteiger partial charge >= 0.3 is 0 Å². The summed E-state index contributed by atoms with van der Waals surface area (Å²) in [5.41, 5.74) is 5.44. The van der Waals surface area contributed by atoms with E-state index in [2.05, 4.69) is 108 Å². The second kappa shape index (κ2) is 16.0. The van der Waals surface area contributed by atoms with Crippen LogP contribution in [-0.2, 0) is 0 Å². The van der Waals surface area contributed by atoms with Crippen LogP contribution in [0, 0.1) is 11.8 Å². The highest BCUT2D eigenvalue weighted by molar-refractivity contribution is 9.12. The van der Waals surface area contributed by atoms with E-state index in [1.807, 2.05) is 0 Å². The average molecular weight is 703 g/mol. The molecule has 0 spiro atoms. The Balaban J connectivity index is 1.58. The van der Waals surface area contributed by atoms with Crippen molar-refractivity contribution >= 4 is 54.2 Å². The fraction of sp³-hybridized carbons (Fsp3) is 0.471. The number of nitrogens with zero attached hydrogens (tertiary/aromatic N) is 2. The summed E-state index contributed by atoms with van der Waals surface area (Å²) < 4.78 is 14.3. The summed E-state index contributed by atoms with van der Waals surface area (Å²) in [5, 5.41) is 0. The number of hydrogen-bond donors (Lipinski definition) is 0. The summed E-state index contributed by atoms with van der Waals surface area (Å²) in [6.07, 6.45) is 9.68. The molecule has 41 heavy (non-hydrogen) atoms. The maximum atomic E-state index is 6.18. The van der Waals surface area contributed by atoms with Crippen LogP contribution in [0.3, 0.4) is 0 Å². The van der Waals surface area contributed by atoms with E-state index in [4.69, 9.17) is 19.4 Å². The number of halogens is 2. The molecule has 4 nitrogen and oxygen atoms in total. The Morgan fingerprint density at radius 1 is 0.634 bits per heavy atom. The lowest BCUT2D eigenvalue weighted by molar-refractivity contribution is 0.233. The average Bonchev–Trinajstić information content (AvgIpc) is 3.29. The minimum Gasteiger partial charge on any atom is -0.493 e. The van der Waals surface area contributed by atoms with Crippen LogP contribution in [0.25, 0.3) is 33.5 Å². The van der Waals surface area contributed by atoms with Crippen molar-refractivity contribution in [2.24, 2.45) is 11.8 Å². The van der Waals surface area contributed by atoms with Gasteiger partial charge < -0.3 is 9.47 Å². The molecule has 0 aliphatic rings. The van der Waals surface area contributed by atoms with Gasteiger partial charge in [0.15, 0.2) is 0 Å². The van der Waals surface area contributed by atoms with E-state index >= 15 is 0 Å². The van der Waals surface area contributed by atoms with Crippen LogP contribution in [0.1, 0.15) is 79.1 Å². The smallest absolute Gasteiger partial charge is 0.119 e. The van der Waals surface area contributed by atoms with Crippen LogP contribution in [0.2, 0.25) is 0 Å². The van der Waals surface area contributed by atoms with Crippen LogP contribution in [0.5, 0.6) is 11.5 Å². The van der Waals surface area contributed by atoms with E-state index in [9.17, 15) is 0 Å². The van der Waals surface area contributed by atoms with Crippen LogP contribution < -0.4 is 9.47 Å². The summed E-state index contributed by atoms with van der Waals surface area (Å²) in [6.45, 7) is 10.5. The Morgan fingerprint density at radius 2 is 1.02 bits per heavy atom. The van der Waals surface area contributed by atoms with E-state index in [1.54, 1.807) is 11.3 Å². The molecule has 2 aromatic carbocycles. The first kappa shape index (κ1) is 32.0. The van der Waals surface area contributed by atoms with E-state index in [0.717, 1.165) is 78.7 Å². The first-order chi connectivity index (χ1) is 20.0. The number of hydrogen-bond acceptors (Lipinski definition) is 5. The molecule has 0 aliphatic carbocycles. The van der Waals surface area contributed by atoms with Gasteiger partial charge in [-0.2, -0.15) is 0 Å². The fourth-order valence-electron chi connectivity index (χ4n) is 4.93. The van der Waals surface area contributed by atoms with Gasteiger partial charge in [0.05, 0.1) is 32.2 Å². The number of fused-ring (bicyclic) bond motifs is 1. The molecule has 0 saturated heterocycles. The third-order valence-corrected chi connectivity index (χ3v) is 10.2. The van der Waals surface area contributed by atoms with Crippen molar-refractivity contribution in [2.75, 3.05) is 13.2 Å². The highest BCUT2D eigenvalue weighted by Crippen LogP contribution is 2.41. The number of ether oxygens (including phenoxy) is 2. The molecule has 0 saturated carbocycles. The van der Waals surface area contributed by atoms with Gasteiger partial charge in [0, 0.05) is 11.1 Å². The van der Waals surface area contributed by atoms with Gasteiger partial charge in [-0.25, -0.2) is 9.97 Å². The summed E-state index contributed by atoms with van der Waals surface area (Å²) in [4.78, 5) is 10.2. The number of benzene rings is 2. The fourth-order valence-corrected chi connectivity index (χ4v) is 7.74. The number of aromatic nitrogens is 2. The van der Waals surface area contributed by atoms with Crippen LogP contribution in [0.15, 0.2) is 56.1 Å². The van der Waals surface area contributed by atoms with Gasteiger partial charge in [0.2, 0.25) is 0 Å². The predicted octanol–water partition coefficient (Wildman–Crippen LogP) is 11.7. The van der Waals surface area contributed by atoms with Crippen molar-refractivity contribution in [2.45, 2.75) is 79.1 Å². The van der Waals surface area contributed by atoms with E-state index in [1.165, 1.54) is 38.5 Å². The molecule has 0 bridgehead atoms. The Bertz CT molecular complexity index is 1270. The first-order valence-corrected chi connectivity index (χ1v) is 17.5. The van der Waals surface area contributed by atoms with E-state index < -0.39 is 0 Å². The molecule has 0 radical (unpaired) electrons. The SMILES string of the molecule is CCCCC(CC)COc1ccc(-c2nc3c(Br)sc(Br)c3nc2-c2ccc(OCC(CC)CCCC)cc2)cc1. The van der Waals surface area contributed by atoms with Crippen molar-refractivity contribution in [3.63, 3.8) is 0 Å². The van der Waals surface area contributed by atoms with Gasteiger partial charge in [0.25, 0.3) is 0 Å². The van der Waals surface area contributed by atoms with Crippen molar-refractivity contribution in [1.82, 2.24) is 9.97 Å². The number of unbranched alkanes of at least 4 members (excludes halogenated alkanes) is 2. The van der Waals surface area contributed by atoms with Gasteiger partial charge in [-0.3, -0.25) is 0 Å². The maximum Gasteiger partial charge on any atom is 0.119 e. The van der Waals surface area contributed by atoms with Crippen molar-refractivity contribution in [3.05, 3.63) is 56.1 Å². The Labute approximate surface area is 266 Å². The van der Waals surface area contributed by atoms with E-state index in [0.29, 0.717) is 11.8 Å². The first-order valence-electron chi connectivity index (χ1n) is 15.1. The highest BCUT2D eigenvalue weighted by atomic mass is 79.9. The van der Waals surface area contributed by atoms with Crippen molar-refractivity contribution in [1.29, 1.82) is 0 Å². The van der Waals surface area contributed by atoms with Crippen LogP contribution >= 0.6 is 43.2 Å².